The molecule has 0 radical (unpaired) electrons. The average Bonchev–Trinajstić information content (AvgIpc) is 2.31. The lowest BCUT2D eigenvalue weighted by molar-refractivity contribution is 0.102. The number of hydrogen-bond donors (Lipinski definition) is 3. The number of anilines is 1. The summed E-state index contributed by atoms with van der Waals surface area (Å²) in [6.07, 6.45) is 2.54. The second kappa shape index (κ2) is 4.84. The van der Waals surface area contributed by atoms with Gasteiger partial charge < -0.3 is 10.4 Å². The van der Waals surface area contributed by atoms with Crippen molar-refractivity contribution in [2.75, 3.05) is 5.32 Å². The van der Waals surface area contributed by atoms with Crippen molar-refractivity contribution in [1.29, 1.82) is 0 Å². The monoisotopic (exact) mass is 266 g/mol. The van der Waals surface area contributed by atoms with E-state index in [0.717, 1.165) is 12.1 Å². The van der Waals surface area contributed by atoms with E-state index in [9.17, 15) is 9.59 Å². The van der Waals surface area contributed by atoms with Crippen molar-refractivity contribution >= 4 is 23.3 Å². The molecule has 0 unspecified atom stereocenters. The first-order chi connectivity index (χ1) is 8.54. The summed E-state index contributed by atoms with van der Waals surface area (Å²) in [5, 5.41) is 11.8. The van der Waals surface area contributed by atoms with Gasteiger partial charge >= 0.3 is 0 Å². The number of hydrogen-bond acceptors (Lipinski definition) is 5. The molecule has 0 aliphatic heterocycles. The van der Waals surface area contributed by atoms with Gasteiger partial charge in [-0.1, -0.05) is 11.6 Å². The second-order valence-corrected chi connectivity index (χ2v) is 3.68. The van der Waals surface area contributed by atoms with E-state index >= 15 is 0 Å². The highest BCUT2D eigenvalue weighted by molar-refractivity contribution is 6.29. The third-order valence-electron chi connectivity index (χ3n) is 1.95. The van der Waals surface area contributed by atoms with E-state index in [2.05, 4.69) is 20.3 Å². The van der Waals surface area contributed by atoms with Crippen LogP contribution >= 0.6 is 11.6 Å². The van der Waals surface area contributed by atoms with Gasteiger partial charge in [0.15, 0.2) is 11.7 Å². The van der Waals surface area contributed by atoms with Crippen molar-refractivity contribution in [2.24, 2.45) is 0 Å². The second-order valence-electron chi connectivity index (χ2n) is 3.30. The third kappa shape index (κ3) is 2.83. The standard InChI is InChI=1S/C10H7ClN4O3/c11-6-3-13-7(4-12-6)14-10(18)5-1-8(16)15-9(17)2-5/h1-4H,(H,13,14,18)(H2,15,16,17). The van der Waals surface area contributed by atoms with Crippen LogP contribution in [0.2, 0.25) is 5.15 Å². The number of carbonyl (C=O) groups excluding carboxylic acids is 1. The molecule has 0 aromatic carbocycles. The first-order valence-corrected chi connectivity index (χ1v) is 5.14. The molecule has 0 aliphatic rings. The lowest BCUT2D eigenvalue weighted by atomic mass is 10.2. The number of nitrogens with one attached hydrogen (secondary N) is 2. The minimum Gasteiger partial charge on any atom is -0.494 e. The molecule has 0 fully saturated rings. The molecule has 2 aromatic heterocycles. The van der Waals surface area contributed by atoms with E-state index < -0.39 is 17.3 Å². The maximum absolute atomic E-state index is 11.7. The molecule has 2 rings (SSSR count). The Morgan fingerprint density at radius 1 is 1.33 bits per heavy atom. The molecule has 7 nitrogen and oxygen atoms in total. The molecule has 0 saturated carbocycles. The number of aromatic hydroxyl groups is 1. The van der Waals surface area contributed by atoms with Gasteiger partial charge in [0, 0.05) is 12.1 Å². The lowest BCUT2D eigenvalue weighted by Crippen LogP contribution is -2.16. The van der Waals surface area contributed by atoms with E-state index in [0.29, 0.717) is 0 Å². The average molecular weight is 267 g/mol. The minimum absolute atomic E-state index is 0.00741. The van der Waals surface area contributed by atoms with Crippen LogP contribution in [0.15, 0.2) is 29.3 Å². The van der Waals surface area contributed by atoms with Gasteiger partial charge in [-0.2, -0.15) is 0 Å². The van der Waals surface area contributed by atoms with Crippen molar-refractivity contribution in [3.8, 4) is 5.88 Å². The Kier molecular flexibility index (Phi) is 3.24. The van der Waals surface area contributed by atoms with Crippen molar-refractivity contribution in [3.05, 3.63) is 45.6 Å². The summed E-state index contributed by atoms with van der Waals surface area (Å²) in [5.74, 6) is -0.799. The summed E-state index contributed by atoms with van der Waals surface area (Å²) in [6, 6.07) is 2.18. The predicted molar refractivity (Wildman–Crippen MR) is 63.7 cm³/mol. The Bertz CT molecular complexity index is 638. The summed E-state index contributed by atoms with van der Waals surface area (Å²) in [7, 11) is 0. The van der Waals surface area contributed by atoms with E-state index in [1.165, 1.54) is 12.4 Å². The largest absolute Gasteiger partial charge is 0.494 e. The highest BCUT2D eigenvalue weighted by Gasteiger charge is 2.09. The smallest absolute Gasteiger partial charge is 0.257 e. The Morgan fingerprint density at radius 3 is 2.72 bits per heavy atom. The summed E-state index contributed by atoms with van der Waals surface area (Å²) >= 11 is 5.54. The number of H-pyrrole nitrogens is 1. The molecule has 8 heteroatoms. The predicted octanol–water partition coefficient (Wildman–Crippen LogP) is 0.776. The first-order valence-electron chi connectivity index (χ1n) is 4.77. The molecule has 3 N–H and O–H groups in total. The van der Waals surface area contributed by atoms with Gasteiger partial charge in [0.05, 0.1) is 18.0 Å². The summed E-state index contributed by atoms with van der Waals surface area (Å²) < 4.78 is 0. The zero-order chi connectivity index (χ0) is 13.1. The Balaban J connectivity index is 2.21. The number of pyridine rings is 1. The Morgan fingerprint density at radius 2 is 2.11 bits per heavy atom. The highest BCUT2D eigenvalue weighted by atomic mass is 35.5. The third-order valence-corrected chi connectivity index (χ3v) is 2.15. The number of carbonyl (C=O) groups is 1. The summed E-state index contributed by atoms with van der Waals surface area (Å²) in [4.78, 5) is 32.5. The van der Waals surface area contributed by atoms with Gasteiger partial charge in [0.1, 0.15) is 5.15 Å². The van der Waals surface area contributed by atoms with E-state index in [1.54, 1.807) is 0 Å². The molecule has 2 heterocycles. The molecule has 1 amide bonds. The van der Waals surface area contributed by atoms with Gasteiger partial charge in [-0.05, 0) is 0 Å². The molecule has 0 saturated heterocycles. The Labute approximate surface area is 105 Å². The quantitative estimate of drug-likeness (QED) is 0.744. The van der Waals surface area contributed by atoms with Gasteiger partial charge in [0.2, 0.25) is 0 Å². The van der Waals surface area contributed by atoms with Crippen LogP contribution in [0, 0.1) is 0 Å². The first kappa shape index (κ1) is 12.1. The van der Waals surface area contributed by atoms with Crippen LogP contribution in [0.5, 0.6) is 5.88 Å². The van der Waals surface area contributed by atoms with Crippen LogP contribution in [0.1, 0.15) is 10.4 Å². The fourth-order valence-corrected chi connectivity index (χ4v) is 1.32. The molecule has 92 valence electrons. The number of nitrogens with zero attached hydrogens (tertiary/aromatic N) is 2. The van der Waals surface area contributed by atoms with Gasteiger partial charge in [-0.25, -0.2) is 9.97 Å². The topological polar surface area (TPSA) is 108 Å². The lowest BCUT2D eigenvalue weighted by Gasteiger charge is -2.03. The number of aromatic amines is 1. The van der Waals surface area contributed by atoms with Crippen molar-refractivity contribution in [2.45, 2.75) is 0 Å². The van der Waals surface area contributed by atoms with E-state index in [4.69, 9.17) is 16.7 Å². The van der Waals surface area contributed by atoms with E-state index in [-0.39, 0.29) is 16.5 Å². The van der Waals surface area contributed by atoms with Crippen LogP contribution in [-0.2, 0) is 0 Å². The van der Waals surface area contributed by atoms with Crippen molar-refractivity contribution < 1.29 is 9.90 Å². The van der Waals surface area contributed by atoms with Crippen molar-refractivity contribution in [1.82, 2.24) is 15.0 Å². The summed E-state index contributed by atoms with van der Waals surface area (Å²) in [6.45, 7) is 0. The molecule has 18 heavy (non-hydrogen) atoms. The normalized spacial score (nSPS) is 10.1. The fourth-order valence-electron chi connectivity index (χ4n) is 1.23. The van der Waals surface area contributed by atoms with Crippen LogP contribution < -0.4 is 10.9 Å². The molecular formula is C10H7ClN4O3. The van der Waals surface area contributed by atoms with Gasteiger partial charge in [-0.15, -0.1) is 0 Å². The highest BCUT2D eigenvalue weighted by Crippen LogP contribution is 2.09. The molecule has 0 spiro atoms. The van der Waals surface area contributed by atoms with Crippen LogP contribution in [0.25, 0.3) is 0 Å². The molecule has 0 atom stereocenters. The maximum Gasteiger partial charge on any atom is 0.257 e. The molecular weight excluding hydrogens is 260 g/mol. The van der Waals surface area contributed by atoms with Crippen LogP contribution in [0.4, 0.5) is 5.82 Å². The minimum atomic E-state index is -0.590. The molecule has 0 aliphatic carbocycles. The zero-order valence-electron chi connectivity index (χ0n) is 8.85. The van der Waals surface area contributed by atoms with Crippen LogP contribution in [0.3, 0.4) is 0 Å². The van der Waals surface area contributed by atoms with Gasteiger partial charge in [0.25, 0.3) is 11.5 Å². The number of halogens is 1. The van der Waals surface area contributed by atoms with E-state index in [1.807, 2.05) is 0 Å². The molecule has 2 aromatic rings. The van der Waals surface area contributed by atoms with Crippen LogP contribution in [-0.4, -0.2) is 26.0 Å². The Hall–Kier alpha value is -2.41. The van der Waals surface area contributed by atoms with Crippen molar-refractivity contribution in [3.63, 3.8) is 0 Å². The fraction of sp³-hybridized carbons (Fsp3) is 0. The summed E-state index contributed by atoms with van der Waals surface area (Å²) in [5.41, 5.74) is -0.574. The maximum atomic E-state index is 11.7. The number of rotatable bonds is 2. The SMILES string of the molecule is O=C(Nc1cnc(Cl)cn1)c1cc(O)[nH]c(=O)c1. The zero-order valence-corrected chi connectivity index (χ0v) is 9.60. The number of aromatic nitrogens is 3. The molecule has 0 bridgehead atoms. The number of amides is 1. The van der Waals surface area contributed by atoms with Gasteiger partial charge in [-0.3, -0.25) is 14.6 Å².